The van der Waals surface area contributed by atoms with E-state index in [2.05, 4.69) is 20.3 Å². The van der Waals surface area contributed by atoms with E-state index in [9.17, 15) is 0 Å². The van der Waals surface area contributed by atoms with E-state index in [1.807, 2.05) is 19.1 Å². The van der Waals surface area contributed by atoms with Crippen LogP contribution in [0.1, 0.15) is 11.4 Å². The van der Waals surface area contributed by atoms with Crippen LogP contribution in [0.3, 0.4) is 0 Å². The van der Waals surface area contributed by atoms with Gasteiger partial charge in [-0.3, -0.25) is 0 Å². The molecule has 20 heavy (non-hydrogen) atoms. The molecule has 1 aromatic carbocycles. The quantitative estimate of drug-likeness (QED) is 0.866. The van der Waals surface area contributed by atoms with Crippen LogP contribution in [0, 0.1) is 6.92 Å². The van der Waals surface area contributed by atoms with Crippen molar-refractivity contribution in [3.8, 4) is 17.2 Å². The molecule has 0 fully saturated rings. The zero-order valence-electron chi connectivity index (χ0n) is 11.9. The Bertz CT molecular complexity index is 558. The number of anilines is 1. The zero-order chi connectivity index (χ0) is 14.5. The standard InChI is InChI=1S/C13H17N3O4/c1-8-10(16-20-15-8)7-14-9-5-11(17-2)13(19-4)12(6-9)18-3/h5-6,14H,7H2,1-4H3. The number of rotatable bonds is 6. The Morgan fingerprint density at radius 3 is 2.15 bits per heavy atom. The molecule has 1 aromatic heterocycles. The third-order valence-corrected chi connectivity index (χ3v) is 2.87. The molecule has 0 bridgehead atoms. The highest BCUT2D eigenvalue weighted by atomic mass is 16.6. The topological polar surface area (TPSA) is 78.6 Å². The van der Waals surface area contributed by atoms with Gasteiger partial charge in [-0.05, 0) is 6.92 Å². The molecule has 0 radical (unpaired) electrons. The highest BCUT2D eigenvalue weighted by Gasteiger charge is 2.13. The third kappa shape index (κ3) is 2.76. The van der Waals surface area contributed by atoms with E-state index in [1.165, 1.54) is 0 Å². The van der Waals surface area contributed by atoms with Gasteiger partial charge < -0.3 is 19.5 Å². The lowest BCUT2D eigenvalue weighted by molar-refractivity contribution is 0.301. The van der Waals surface area contributed by atoms with Gasteiger partial charge in [0.1, 0.15) is 11.4 Å². The maximum Gasteiger partial charge on any atom is 0.203 e. The summed E-state index contributed by atoms with van der Waals surface area (Å²) in [4.78, 5) is 0. The molecule has 1 heterocycles. The minimum absolute atomic E-state index is 0.494. The first kappa shape index (κ1) is 14.0. The average Bonchev–Trinajstić information content (AvgIpc) is 2.89. The Kier molecular flexibility index (Phi) is 4.29. The summed E-state index contributed by atoms with van der Waals surface area (Å²) in [6.45, 7) is 2.33. The van der Waals surface area contributed by atoms with Gasteiger partial charge >= 0.3 is 0 Å². The molecule has 0 aliphatic heterocycles. The van der Waals surface area contributed by atoms with Crippen molar-refractivity contribution in [2.24, 2.45) is 0 Å². The van der Waals surface area contributed by atoms with Crippen molar-refractivity contribution >= 4 is 5.69 Å². The summed E-state index contributed by atoms with van der Waals surface area (Å²) in [6, 6.07) is 3.65. The second kappa shape index (κ2) is 6.14. The molecule has 0 unspecified atom stereocenters. The number of methoxy groups -OCH3 is 3. The van der Waals surface area contributed by atoms with E-state index in [-0.39, 0.29) is 0 Å². The third-order valence-electron chi connectivity index (χ3n) is 2.87. The summed E-state index contributed by atoms with van der Waals surface area (Å²) in [6.07, 6.45) is 0. The highest BCUT2D eigenvalue weighted by molar-refractivity contribution is 5.62. The van der Waals surface area contributed by atoms with Crippen molar-refractivity contribution in [1.29, 1.82) is 0 Å². The summed E-state index contributed by atoms with van der Waals surface area (Å²) in [7, 11) is 4.72. The van der Waals surface area contributed by atoms with Crippen molar-refractivity contribution < 1.29 is 18.8 Å². The van der Waals surface area contributed by atoms with Crippen LogP contribution in [-0.4, -0.2) is 31.6 Å². The molecule has 7 heteroatoms. The number of aromatic nitrogens is 2. The molecule has 0 saturated carbocycles. The molecule has 0 saturated heterocycles. The lowest BCUT2D eigenvalue weighted by atomic mass is 10.2. The monoisotopic (exact) mass is 279 g/mol. The summed E-state index contributed by atoms with van der Waals surface area (Å²) >= 11 is 0. The fourth-order valence-electron chi connectivity index (χ4n) is 1.78. The van der Waals surface area contributed by atoms with Gasteiger partial charge in [0.15, 0.2) is 11.5 Å². The summed E-state index contributed by atoms with van der Waals surface area (Å²) in [5, 5.41) is 10.8. The second-order valence-corrected chi connectivity index (χ2v) is 4.06. The number of hydrogen-bond acceptors (Lipinski definition) is 7. The fourth-order valence-corrected chi connectivity index (χ4v) is 1.78. The summed E-state index contributed by atoms with van der Waals surface area (Å²) < 4.78 is 20.5. The van der Waals surface area contributed by atoms with E-state index < -0.39 is 0 Å². The minimum Gasteiger partial charge on any atom is -0.493 e. The number of nitrogens with zero attached hydrogens (tertiary/aromatic N) is 2. The Balaban J connectivity index is 2.21. The molecule has 108 valence electrons. The number of hydrogen-bond donors (Lipinski definition) is 1. The van der Waals surface area contributed by atoms with Crippen LogP contribution in [0.2, 0.25) is 0 Å². The summed E-state index contributed by atoms with van der Waals surface area (Å²) in [5.41, 5.74) is 2.32. The van der Waals surface area contributed by atoms with Gasteiger partial charge in [0.05, 0.1) is 27.9 Å². The maximum atomic E-state index is 5.29. The maximum absolute atomic E-state index is 5.29. The minimum atomic E-state index is 0.494. The van der Waals surface area contributed by atoms with Crippen LogP contribution in [0.25, 0.3) is 0 Å². The predicted molar refractivity (Wildman–Crippen MR) is 72.5 cm³/mol. The predicted octanol–water partition coefficient (Wildman–Crippen LogP) is 2.02. The molecule has 0 amide bonds. The lowest BCUT2D eigenvalue weighted by Gasteiger charge is -2.14. The van der Waals surface area contributed by atoms with Gasteiger partial charge in [0.25, 0.3) is 0 Å². The van der Waals surface area contributed by atoms with E-state index >= 15 is 0 Å². The molecular formula is C13H17N3O4. The molecule has 0 spiro atoms. The van der Waals surface area contributed by atoms with E-state index in [0.717, 1.165) is 17.1 Å². The molecule has 0 atom stereocenters. The van der Waals surface area contributed by atoms with Gasteiger partial charge in [-0.15, -0.1) is 0 Å². The van der Waals surface area contributed by atoms with Crippen molar-refractivity contribution in [3.05, 3.63) is 23.5 Å². The molecular weight excluding hydrogens is 262 g/mol. The number of benzene rings is 1. The second-order valence-electron chi connectivity index (χ2n) is 4.06. The van der Waals surface area contributed by atoms with Crippen LogP contribution in [0.5, 0.6) is 17.2 Å². The van der Waals surface area contributed by atoms with Crippen molar-refractivity contribution in [1.82, 2.24) is 10.3 Å². The number of ether oxygens (including phenoxy) is 3. The SMILES string of the molecule is COc1cc(NCc2nonc2C)cc(OC)c1OC. The van der Waals surface area contributed by atoms with E-state index in [0.29, 0.717) is 23.8 Å². The normalized spacial score (nSPS) is 10.2. The fraction of sp³-hybridized carbons (Fsp3) is 0.385. The van der Waals surface area contributed by atoms with Crippen LogP contribution in [-0.2, 0) is 6.54 Å². The van der Waals surface area contributed by atoms with Gasteiger partial charge in [-0.25, -0.2) is 4.63 Å². The molecule has 2 rings (SSSR count). The summed E-state index contributed by atoms with van der Waals surface area (Å²) in [5.74, 6) is 1.73. The first-order valence-electron chi connectivity index (χ1n) is 6.01. The van der Waals surface area contributed by atoms with E-state index in [1.54, 1.807) is 21.3 Å². The Hall–Kier alpha value is -2.44. The number of nitrogens with one attached hydrogen (secondary N) is 1. The van der Waals surface area contributed by atoms with Crippen LogP contribution in [0.15, 0.2) is 16.8 Å². The van der Waals surface area contributed by atoms with E-state index in [4.69, 9.17) is 14.2 Å². The molecule has 1 N–H and O–H groups in total. The molecule has 7 nitrogen and oxygen atoms in total. The van der Waals surface area contributed by atoms with Crippen LogP contribution >= 0.6 is 0 Å². The smallest absolute Gasteiger partial charge is 0.203 e. The Morgan fingerprint density at radius 2 is 1.70 bits per heavy atom. The van der Waals surface area contributed by atoms with Gasteiger partial charge in [-0.2, -0.15) is 0 Å². The van der Waals surface area contributed by atoms with Gasteiger partial charge in [-0.1, -0.05) is 10.3 Å². The van der Waals surface area contributed by atoms with Crippen LogP contribution < -0.4 is 19.5 Å². The molecule has 0 aliphatic carbocycles. The van der Waals surface area contributed by atoms with Gasteiger partial charge in [0, 0.05) is 17.8 Å². The Morgan fingerprint density at radius 1 is 1.05 bits per heavy atom. The van der Waals surface area contributed by atoms with Crippen molar-refractivity contribution in [2.45, 2.75) is 13.5 Å². The molecule has 2 aromatic rings. The number of aryl methyl sites for hydroxylation is 1. The average molecular weight is 279 g/mol. The first-order valence-corrected chi connectivity index (χ1v) is 6.01. The van der Waals surface area contributed by atoms with Crippen molar-refractivity contribution in [3.63, 3.8) is 0 Å². The highest BCUT2D eigenvalue weighted by Crippen LogP contribution is 2.39. The largest absolute Gasteiger partial charge is 0.493 e. The van der Waals surface area contributed by atoms with Gasteiger partial charge in [0.2, 0.25) is 5.75 Å². The Labute approximate surface area is 116 Å². The first-order chi connectivity index (χ1) is 9.69. The van der Waals surface area contributed by atoms with Crippen LogP contribution in [0.4, 0.5) is 5.69 Å². The molecule has 0 aliphatic rings. The zero-order valence-corrected chi connectivity index (χ0v) is 11.9. The van der Waals surface area contributed by atoms with Crippen molar-refractivity contribution in [2.75, 3.05) is 26.6 Å². The lowest BCUT2D eigenvalue weighted by Crippen LogP contribution is -2.03.